The summed E-state index contributed by atoms with van der Waals surface area (Å²) in [4.78, 5) is 32.5. The number of fused-ring (bicyclic) bond motifs is 2. The van der Waals surface area contributed by atoms with Crippen LogP contribution in [0, 0.1) is 0 Å². The Morgan fingerprint density at radius 1 is 1.27 bits per heavy atom. The molecule has 0 fully saturated rings. The monoisotopic (exact) mass is 367 g/mol. The minimum absolute atomic E-state index is 0.106. The summed E-state index contributed by atoms with van der Waals surface area (Å²) >= 11 is 1.71. The molecule has 1 aromatic carbocycles. The number of hydrogen-bond donors (Lipinski definition) is 1. The Balaban J connectivity index is 1.52. The Hall–Kier alpha value is -2.47. The van der Waals surface area contributed by atoms with Crippen molar-refractivity contribution < 1.29 is 9.59 Å². The second-order valence-corrected chi connectivity index (χ2v) is 7.78. The Morgan fingerprint density at radius 2 is 2.15 bits per heavy atom. The van der Waals surface area contributed by atoms with Crippen LogP contribution in [0.3, 0.4) is 0 Å². The summed E-state index contributed by atoms with van der Waals surface area (Å²) in [5, 5.41) is 3.97. The summed E-state index contributed by atoms with van der Waals surface area (Å²) in [5.41, 5.74) is 3.61. The van der Waals surface area contributed by atoms with E-state index in [1.807, 2.05) is 18.2 Å². The Morgan fingerprint density at radius 3 is 2.96 bits per heavy atom. The standard InChI is InChI=1S/C20H21N3O2S/c1-2-19(24)23-11-5-7-13-14(6-3-9-16(13)23)20(25)21-12-18-22-15-8-4-10-17(15)26-18/h2-3,6,9H,1,4-5,7-8,10-12H2,(H,21,25). The minimum Gasteiger partial charge on any atom is -0.346 e. The van der Waals surface area contributed by atoms with E-state index in [-0.39, 0.29) is 11.8 Å². The number of aryl methyl sites for hydroxylation is 2. The van der Waals surface area contributed by atoms with Gasteiger partial charge in [0.25, 0.3) is 5.91 Å². The third-order valence-electron chi connectivity index (χ3n) is 4.98. The lowest BCUT2D eigenvalue weighted by atomic mass is 9.95. The number of carbonyl (C=O) groups is 2. The number of rotatable bonds is 4. The van der Waals surface area contributed by atoms with Crippen LogP contribution in [0.15, 0.2) is 30.9 Å². The van der Waals surface area contributed by atoms with E-state index in [9.17, 15) is 9.59 Å². The van der Waals surface area contributed by atoms with Crippen molar-refractivity contribution in [3.05, 3.63) is 57.6 Å². The van der Waals surface area contributed by atoms with E-state index in [0.717, 1.165) is 41.9 Å². The van der Waals surface area contributed by atoms with Crippen LogP contribution < -0.4 is 10.2 Å². The predicted molar refractivity (Wildman–Crippen MR) is 103 cm³/mol. The number of amides is 2. The topological polar surface area (TPSA) is 62.3 Å². The highest BCUT2D eigenvalue weighted by molar-refractivity contribution is 7.11. The number of anilines is 1. The van der Waals surface area contributed by atoms with Gasteiger partial charge in [0.2, 0.25) is 5.91 Å². The maximum atomic E-state index is 12.8. The van der Waals surface area contributed by atoms with Crippen molar-refractivity contribution in [2.24, 2.45) is 0 Å². The maximum absolute atomic E-state index is 12.8. The van der Waals surface area contributed by atoms with E-state index in [2.05, 4.69) is 16.9 Å². The number of carbonyl (C=O) groups excluding carboxylic acids is 2. The molecule has 2 aromatic rings. The van der Waals surface area contributed by atoms with Gasteiger partial charge in [0.15, 0.2) is 0 Å². The van der Waals surface area contributed by atoms with Crippen molar-refractivity contribution in [1.29, 1.82) is 0 Å². The fourth-order valence-corrected chi connectivity index (χ4v) is 4.84. The van der Waals surface area contributed by atoms with Crippen molar-refractivity contribution in [2.45, 2.75) is 38.6 Å². The normalized spacial score (nSPS) is 15.3. The first-order valence-corrected chi connectivity index (χ1v) is 9.80. The van der Waals surface area contributed by atoms with Gasteiger partial charge in [-0.25, -0.2) is 4.98 Å². The number of aromatic nitrogens is 1. The molecule has 1 aromatic heterocycles. The number of benzene rings is 1. The lowest BCUT2D eigenvalue weighted by Gasteiger charge is -2.29. The molecule has 1 N–H and O–H groups in total. The molecular weight excluding hydrogens is 346 g/mol. The summed E-state index contributed by atoms with van der Waals surface area (Å²) in [5.74, 6) is -0.231. The molecule has 0 unspecified atom stereocenters. The third kappa shape index (κ3) is 3.05. The Bertz CT molecular complexity index is 866. The largest absolute Gasteiger partial charge is 0.346 e. The fourth-order valence-electron chi connectivity index (χ4n) is 3.75. The van der Waals surface area contributed by atoms with E-state index in [1.54, 1.807) is 16.2 Å². The van der Waals surface area contributed by atoms with E-state index in [4.69, 9.17) is 0 Å². The smallest absolute Gasteiger partial charge is 0.251 e. The molecule has 2 aliphatic rings. The van der Waals surface area contributed by atoms with Gasteiger partial charge in [-0.05, 0) is 55.9 Å². The average Bonchev–Trinajstić information content (AvgIpc) is 3.26. The lowest BCUT2D eigenvalue weighted by Crippen LogP contribution is -2.35. The Kier molecular flexibility index (Phi) is 4.59. The zero-order valence-corrected chi connectivity index (χ0v) is 15.4. The number of nitrogens with zero attached hydrogens (tertiary/aromatic N) is 2. The van der Waals surface area contributed by atoms with E-state index >= 15 is 0 Å². The first kappa shape index (κ1) is 17.0. The van der Waals surface area contributed by atoms with Gasteiger partial charge in [0, 0.05) is 22.7 Å². The van der Waals surface area contributed by atoms with Gasteiger partial charge in [0.1, 0.15) is 5.01 Å². The highest BCUT2D eigenvalue weighted by atomic mass is 32.1. The highest BCUT2D eigenvalue weighted by Crippen LogP contribution is 2.31. The molecule has 4 rings (SSSR count). The zero-order chi connectivity index (χ0) is 18.1. The summed E-state index contributed by atoms with van der Waals surface area (Å²) in [6.07, 6.45) is 6.32. The molecule has 0 saturated heterocycles. The molecule has 26 heavy (non-hydrogen) atoms. The van der Waals surface area contributed by atoms with E-state index in [1.165, 1.54) is 23.1 Å². The Labute approximate surface area is 156 Å². The summed E-state index contributed by atoms with van der Waals surface area (Å²) in [6.45, 7) is 4.69. The summed E-state index contributed by atoms with van der Waals surface area (Å²) in [6, 6.07) is 5.57. The van der Waals surface area contributed by atoms with Crippen molar-refractivity contribution in [3.8, 4) is 0 Å². The molecule has 0 saturated carbocycles. The number of thiazole rings is 1. The quantitative estimate of drug-likeness (QED) is 0.845. The van der Waals surface area contributed by atoms with Crippen LogP contribution in [-0.4, -0.2) is 23.3 Å². The molecule has 0 atom stereocenters. The molecule has 6 heteroatoms. The lowest BCUT2D eigenvalue weighted by molar-refractivity contribution is -0.114. The SMILES string of the molecule is C=CC(=O)N1CCCc2c(C(=O)NCc3nc4c(s3)CCC4)cccc21. The van der Waals surface area contributed by atoms with Crippen molar-refractivity contribution in [3.63, 3.8) is 0 Å². The van der Waals surface area contributed by atoms with Crippen LogP contribution in [0.2, 0.25) is 0 Å². The van der Waals surface area contributed by atoms with Gasteiger partial charge in [-0.3, -0.25) is 9.59 Å². The average molecular weight is 367 g/mol. The van der Waals surface area contributed by atoms with Crippen LogP contribution >= 0.6 is 11.3 Å². The fraction of sp³-hybridized carbons (Fsp3) is 0.350. The van der Waals surface area contributed by atoms with Crippen molar-refractivity contribution in [2.75, 3.05) is 11.4 Å². The first-order chi connectivity index (χ1) is 12.7. The van der Waals surface area contributed by atoms with Crippen LogP contribution in [0.4, 0.5) is 5.69 Å². The van der Waals surface area contributed by atoms with E-state index in [0.29, 0.717) is 18.7 Å². The summed E-state index contributed by atoms with van der Waals surface area (Å²) in [7, 11) is 0. The summed E-state index contributed by atoms with van der Waals surface area (Å²) < 4.78 is 0. The van der Waals surface area contributed by atoms with Gasteiger partial charge in [-0.1, -0.05) is 12.6 Å². The van der Waals surface area contributed by atoms with Crippen molar-refractivity contribution >= 4 is 28.8 Å². The van der Waals surface area contributed by atoms with Gasteiger partial charge in [-0.15, -0.1) is 11.3 Å². The number of hydrogen-bond acceptors (Lipinski definition) is 4. The molecule has 5 nitrogen and oxygen atoms in total. The molecule has 0 radical (unpaired) electrons. The molecule has 0 bridgehead atoms. The predicted octanol–water partition coefficient (Wildman–Crippen LogP) is 3.03. The van der Waals surface area contributed by atoms with Crippen LogP contribution in [0.25, 0.3) is 0 Å². The number of nitrogens with one attached hydrogen (secondary N) is 1. The van der Waals surface area contributed by atoms with Gasteiger partial charge < -0.3 is 10.2 Å². The molecule has 1 aliphatic carbocycles. The molecule has 2 heterocycles. The first-order valence-electron chi connectivity index (χ1n) is 8.99. The van der Waals surface area contributed by atoms with Gasteiger partial charge in [0.05, 0.1) is 12.2 Å². The molecular formula is C20H21N3O2S. The van der Waals surface area contributed by atoms with Crippen molar-refractivity contribution in [1.82, 2.24) is 10.3 Å². The van der Waals surface area contributed by atoms with Crippen LogP contribution in [0.5, 0.6) is 0 Å². The third-order valence-corrected chi connectivity index (χ3v) is 6.13. The van der Waals surface area contributed by atoms with E-state index < -0.39 is 0 Å². The molecule has 134 valence electrons. The van der Waals surface area contributed by atoms with Crippen LogP contribution in [-0.2, 0) is 30.6 Å². The molecule has 0 spiro atoms. The minimum atomic E-state index is -0.124. The molecule has 1 aliphatic heterocycles. The molecule has 2 amide bonds. The van der Waals surface area contributed by atoms with Gasteiger partial charge >= 0.3 is 0 Å². The zero-order valence-electron chi connectivity index (χ0n) is 14.6. The second kappa shape index (κ2) is 7.03. The second-order valence-electron chi connectivity index (χ2n) is 6.61. The highest BCUT2D eigenvalue weighted by Gasteiger charge is 2.25. The van der Waals surface area contributed by atoms with Crippen LogP contribution in [0.1, 0.15) is 44.3 Å². The van der Waals surface area contributed by atoms with Gasteiger partial charge in [-0.2, -0.15) is 0 Å². The maximum Gasteiger partial charge on any atom is 0.251 e.